The molecule has 0 bridgehead atoms. The van der Waals surface area contributed by atoms with Crippen LogP contribution in [0.15, 0.2) is 66.9 Å². The van der Waals surface area contributed by atoms with Crippen LogP contribution in [0.5, 0.6) is 0 Å². The van der Waals surface area contributed by atoms with Crippen LogP contribution in [0.4, 0.5) is 0 Å². The molecular weight excluding hydrogens is 436 g/mol. The molecule has 0 fully saturated rings. The molecule has 0 aliphatic rings. The van der Waals surface area contributed by atoms with Crippen LogP contribution in [0.2, 0.25) is 5.15 Å². The number of hydrazine groups is 1. The van der Waals surface area contributed by atoms with Gasteiger partial charge < -0.3 is 0 Å². The standard InChI is InChI=1S/C26H19ClN4O2/c1-16-7-10-21(25(32)30-31-26(33)22-12-8-17(2)29-24(22)27)14-19(16)11-9-18-13-20-5-3-4-6-23(20)28-15-18/h3-8,10,12-15H,1-2H3,(H,30,32)(H,31,33). The van der Waals surface area contributed by atoms with Gasteiger partial charge in [-0.25, -0.2) is 4.98 Å². The maximum atomic E-state index is 12.6. The minimum atomic E-state index is -0.559. The zero-order valence-electron chi connectivity index (χ0n) is 17.9. The second kappa shape index (κ2) is 9.51. The van der Waals surface area contributed by atoms with Gasteiger partial charge in [-0.1, -0.05) is 47.7 Å². The van der Waals surface area contributed by atoms with Crippen LogP contribution in [-0.4, -0.2) is 21.8 Å². The highest BCUT2D eigenvalue weighted by Gasteiger charge is 2.13. The summed E-state index contributed by atoms with van der Waals surface area (Å²) in [6, 6.07) is 18.2. The van der Waals surface area contributed by atoms with Gasteiger partial charge in [0, 0.05) is 34.0 Å². The molecular formula is C26H19ClN4O2. The van der Waals surface area contributed by atoms with Crippen molar-refractivity contribution in [2.75, 3.05) is 0 Å². The summed E-state index contributed by atoms with van der Waals surface area (Å²) in [4.78, 5) is 33.3. The number of amides is 2. The summed E-state index contributed by atoms with van der Waals surface area (Å²) in [7, 11) is 0. The highest BCUT2D eigenvalue weighted by Crippen LogP contribution is 2.15. The minimum absolute atomic E-state index is 0.0674. The van der Waals surface area contributed by atoms with Gasteiger partial charge in [-0.3, -0.25) is 25.4 Å². The van der Waals surface area contributed by atoms with Gasteiger partial charge >= 0.3 is 0 Å². The van der Waals surface area contributed by atoms with Crippen LogP contribution >= 0.6 is 11.6 Å². The number of aromatic nitrogens is 2. The highest BCUT2D eigenvalue weighted by atomic mass is 35.5. The lowest BCUT2D eigenvalue weighted by molar-refractivity contribution is 0.0846. The third-order valence-electron chi connectivity index (χ3n) is 4.95. The van der Waals surface area contributed by atoms with Crippen molar-refractivity contribution in [2.45, 2.75) is 13.8 Å². The van der Waals surface area contributed by atoms with Crippen molar-refractivity contribution >= 4 is 34.3 Å². The molecule has 0 atom stereocenters. The zero-order chi connectivity index (χ0) is 23.4. The van der Waals surface area contributed by atoms with Gasteiger partial charge in [0.25, 0.3) is 11.8 Å². The summed E-state index contributed by atoms with van der Waals surface area (Å²) in [6.07, 6.45) is 1.72. The second-order valence-corrected chi connectivity index (χ2v) is 7.75. The third-order valence-corrected chi connectivity index (χ3v) is 5.24. The zero-order valence-corrected chi connectivity index (χ0v) is 18.7. The molecule has 0 spiro atoms. The number of benzene rings is 2. The second-order valence-electron chi connectivity index (χ2n) is 7.40. The molecule has 0 unspecified atom stereocenters. The molecule has 0 saturated heterocycles. The SMILES string of the molecule is Cc1ccc(C(=O)NNC(=O)c2ccc(C)c(C#Cc3cnc4ccccc4c3)c2)c(Cl)n1. The number of hydrogen-bond donors (Lipinski definition) is 2. The van der Waals surface area contributed by atoms with E-state index in [-0.39, 0.29) is 10.7 Å². The summed E-state index contributed by atoms with van der Waals surface area (Å²) < 4.78 is 0. The summed E-state index contributed by atoms with van der Waals surface area (Å²) in [5, 5.41) is 1.08. The molecule has 6 nitrogen and oxygen atoms in total. The molecule has 162 valence electrons. The van der Waals surface area contributed by atoms with E-state index in [2.05, 4.69) is 32.7 Å². The molecule has 4 rings (SSSR count). The molecule has 33 heavy (non-hydrogen) atoms. The molecule has 2 heterocycles. The fraction of sp³-hybridized carbons (Fsp3) is 0.0769. The third kappa shape index (κ3) is 5.17. The minimum Gasteiger partial charge on any atom is -0.267 e. The number of halogens is 1. The van der Waals surface area contributed by atoms with Crippen LogP contribution < -0.4 is 10.9 Å². The number of fused-ring (bicyclic) bond motifs is 1. The first-order chi connectivity index (χ1) is 15.9. The maximum Gasteiger partial charge on any atom is 0.272 e. The lowest BCUT2D eigenvalue weighted by Crippen LogP contribution is -2.41. The molecule has 2 aromatic carbocycles. The van der Waals surface area contributed by atoms with Crippen molar-refractivity contribution in [3.05, 3.63) is 106 Å². The Morgan fingerprint density at radius 3 is 2.52 bits per heavy atom. The molecule has 2 amide bonds. The molecule has 0 radical (unpaired) electrons. The monoisotopic (exact) mass is 454 g/mol. The van der Waals surface area contributed by atoms with Gasteiger partial charge in [0.15, 0.2) is 0 Å². The first-order valence-corrected chi connectivity index (χ1v) is 10.5. The van der Waals surface area contributed by atoms with Gasteiger partial charge in [0.1, 0.15) is 5.15 Å². The van der Waals surface area contributed by atoms with E-state index in [9.17, 15) is 9.59 Å². The predicted octanol–water partition coefficient (Wildman–Crippen LogP) is 4.37. The van der Waals surface area contributed by atoms with Crippen LogP contribution in [0, 0.1) is 25.7 Å². The van der Waals surface area contributed by atoms with Gasteiger partial charge in [-0.05, 0) is 55.8 Å². The predicted molar refractivity (Wildman–Crippen MR) is 128 cm³/mol. The van der Waals surface area contributed by atoms with Crippen molar-refractivity contribution < 1.29 is 9.59 Å². The van der Waals surface area contributed by atoms with E-state index in [1.54, 1.807) is 43.5 Å². The Hall–Kier alpha value is -4.21. The maximum absolute atomic E-state index is 12.6. The van der Waals surface area contributed by atoms with Crippen molar-refractivity contribution in [1.82, 2.24) is 20.8 Å². The normalized spacial score (nSPS) is 10.3. The van der Waals surface area contributed by atoms with E-state index in [0.717, 1.165) is 22.0 Å². The van der Waals surface area contributed by atoms with Crippen molar-refractivity contribution in [1.29, 1.82) is 0 Å². The Labute approximate surface area is 196 Å². The number of hydrogen-bond acceptors (Lipinski definition) is 4. The Balaban J connectivity index is 1.49. The Morgan fingerprint density at radius 2 is 1.70 bits per heavy atom. The quantitative estimate of drug-likeness (QED) is 0.267. The van der Waals surface area contributed by atoms with E-state index in [0.29, 0.717) is 16.8 Å². The summed E-state index contributed by atoms with van der Waals surface area (Å²) >= 11 is 6.01. The van der Waals surface area contributed by atoms with Gasteiger partial charge in [-0.2, -0.15) is 0 Å². The molecule has 2 N–H and O–H groups in total. The van der Waals surface area contributed by atoms with Gasteiger partial charge in [-0.15, -0.1) is 0 Å². The average Bonchev–Trinajstić information content (AvgIpc) is 2.81. The van der Waals surface area contributed by atoms with E-state index in [1.807, 2.05) is 37.3 Å². The van der Waals surface area contributed by atoms with Crippen molar-refractivity contribution in [3.8, 4) is 11.8 Å². The molecule has 7 heteroatoms. The Kier molecular flexibility index (Phi) is 6.34. The topological polar surface area (TPSA) is 84.0 Å². The van der Waals surface area contributed by atoms with Gasteiger partial charge in [0.05, 0.1) is 11.1 Å². The average molecular weight is 455 g/mol. The number of aryl methyl sites for hydroxylation is 2. The summed E-state index contributed by atoms with van der Waals surface area (Å²) in [5.41, 5.74) is 9.28. The molecule has 0 aliphatic carbocycles. The first-order valence-electron chi connectivity index (χ1n) is 10.1. The van der Waals surface area contributed by atoms with Crippen molar-refractivity contribution in [2.24, 2.45) is 0 Å². The number of pyridine rings is 2. The smallest absolute Gasteiger partial charge is 0.267 e. The lowest BCUT2D eigenvalue weighted by atomic mass is 10.0. The number of nitrogens with one attached hydrogen (secondary N) is 2. The van der Waals surface area contributed by atoms with Gasteiger partial charge in [0.2, 0.25) is 0 Å². The molecule has 4 aromatic rings. The Morgan fingerprint density at radius 1 is 0.909 bits per heavy atom. The van der Waals surface area contributed by atoms with Crippen LogP contribution in [0.1, 0.15) is 43.1 Å². The number of carbonyl (C=O) groups excluding carboxylic acids is 2. The molecule has 2 aromatic heterocycles. The first kappa shape index (κ1) is 22.0. The van der Waals surface area contributed by atoms with Crippen molar-refractivity contribution in [3.63, 3.8) is 0 Å². The fourth-order valence-electron chi connectivity index (χ4n) is 3.12. The van der Waals surface area contributed by atoms with Crippen LogP contribution in [-0.2, 0) is 0 Å². The number of rotatable bonds is 2. The van der Waals surface area contributed by atoms with Crippen LogP contribution in [0.25, 0.3) is 10.9 Å². The molecule has 0 saturated carbocycles. The van der Waals surface area contributed by atoms with E-state index >= 15 is 0 Å². The number of nitrogens with zero attached hydrogens (tertiary/aromatic N) is 2. The lowest BCUT2D eigenvalue weighted by Gasteiger charge is -2.09. The van der Waals surface area contributed by atoms with E-state index in [4.69, 9.17) is 11.6 Å². The largest absolute Gasteiger partial charge is 0.272 e. The fourth-order valence-corrected chi connectivity index (χ4v) is 3.41. The highest BCUT2D eigenvalue weighted by molar-refractivity contribution is 6.32. The van der Waals surface area contributed by atoms with Crippen LogP contribution in [0.3, 0.4) is 0 Å². The van der Waals surface area contributed by atoms with E-state index < -0.39 is 11.8 Å². The van der Waals surface area contributed by atoms with E-state index in [1.165, 1.54) is 0 Å². The Bertz CT molecular complexity index is 1450. The number of para-hydroxylation sites is 1. The summed E-state index contributed by atoms with van der Waals surface area (Å²) in [6.45, 7) is 3.68. The molecule has 0 aliphatic heterocycles. The number of carbonyl (C=O) groups is 2. The summed E-state index contributed by atoms with van der Waals surface area (Å²) in [5.74, 6) is 5.18.